The van der Waals surface area contributed by atoms with Gasteiger partial charge in [-0.1, -0.05) is 18.2 Å². The number of nitrogens with zero attached hydrogens (tertiary/aromatic N) is 1. The molecule has 1 amide bonds. The first-order valence-electron chi connectivity index (χ1n) is 7.81. The van der Waals surface area contributed by atoms with Gasteiger partial charge in [0.05, 0.1) is 6.54 Å². The van der Waals surface area contributed by atoms with E-state index in [1.807, 2.05) is 39.1 Å². The number of anilines is 1. The Bertz CT molecular complexity index is 467. The molecule has 1 unspecified atom stereocenters. The molecule has 124 valence electrons. The molecule has 2 rings (SSSR count). The number of nitrogens with one attached hydrogen (secondary N) is 2. The molecule has 1 aliphatic heterocycles. The summed E-state index contributed by atoms with van der Waals surface area (Å²) in [7, 11) is 2.03. The minimum absolute atomic E-state index is 0. The van der Waals surface area contributed by atoms with E-state index in [0.717, 1.165) is 36.4 Å². The van der Waals surface area contributed by atoms with Crippen molar-refractivity contribution in [2.24, 2.45) is 5.92 Å². The molecule has 5 heteroatoms. The quantitative estimate of drug-likeness (QED) is 0.874. The molecule has 1 aromatic rings. The van der Waals surface area contributed by atoms with E-state index in [4.69, 9.17) is 0 Å². The fraction of sp³-hybridized carbons (Fsp3) is 0.588. The molecule has 0 radical (unpaired) electrons. The van der Waals surface area contributed by atoms with E-state index in [9.17, 15) is 4.79 Å². The molecular weight excluding hydrogens is 298 g/mol. The van der Waals surface area contributed by atoms with E-state index in [0.29, 0.717) is 12.5 Å². The average molecular weight is 326 g/mol. The molecule has 2 N–H and O–H groups in total. The lowest BCUT2D eigenvalue weighted by Gasteiger charge is -2.27. The Morgan fingerprint density at radius 2 is 2.05 bits per heavy atom. The standard InChI is InChI=1S/C17H27N3O.ClH/c1-13-6-4-7-14(2)17(13)19-16(21)12-20(3)11-15-8-5-9-18-10-15;/h4,6-7,15,18H,5,8-12H2,1-3H3,(H,19,21);1H. The molecule has 22 heavy (non-hydrogen) atoms. The highest BCUT2D eigenvalue weighted by molar-refractivity contribution is 5.93. The number of halogens is 1. The number of likely N-dealkylation sites (N-methyl/N-ethyl adjacent to an activating group) is 1. The van der Waals surface area contributed by atoms with Crippen LogP contribution in [0.5, 0.6) is 0 Å². The Kier molecular flexibility index (Phi) is 7.87. The van der Waals surface area contributed by atoms with Gasteiger partial charge < -0.3 is 10.6 Å². The van der Waals surface area contributed by atoms with Crippen molar-refractivity contribution in [3.8, 4) is 0 Å². The summed E-state index contributed by atoms with van der Waals surface area (Å²) in [6, 6.07) is 6.07. The Morgan fingerprint density at radius 3 is 2.64 bits per heavy atom. The van der Waals surface area contributed by atoms with Crippen LogP contribution in [-0.2, 0) is 4.79 Å². The van der Waals surface area contributed by atoms with Crippen molar-refractivity contribution in [2.45, 2.75) is 26.7 Å². The van der Waals surface area contributed by atoms with Gasteiger partial charge in [-0.05, 0) is 63.9 Å². The minimum Gasteiger partial charge on any atom is -0.324 e. The van der Waals surface area contributed by atoms with Crippen molar-refractivity contribution >= 4 is 24.0 Å². The summed E-state index contributed by atoms with van der Waals surface area (Å²) in [5, 5.41) is 6.47. The third-order valence-corrected chi connectivity index (χ3v) is 4.13. The van der Waals surface area contributed by atoms with E-state index < -0.39 is 0 Å². The fourth-order valence-corrected chi connectivity index (χ4v) is 3.02. The van der Waals surface area contributed by atoms with Crippen molar-refractivity contribution in [1.82, 2.24) is 10.2 Å². The highest BCUT2D eigenvalue weighted by Crippen LogP contribution is 2.19. The van der Waals surface area contributed by atoms with Gasteiger partial charge in [-0.3, -0.25) is 9.69 Å². The Balaban J connectivity index is 0.00000242. The number of rotatable bonds is 5. The second kappa shape index (κ2) is 9.13. The largest absolute Gasteiger partial charge is 0.324 e. The van der Waals surface area contributed by atoms with Gasteiger partial charge in [0.1, 0.15) is 0 Å². The molecular formula is C17H28ClN3O. The third-order valence-electron chi connectivity index (χ3n) is 4.13. The van der Waals surface area contributed by atoms with Crippen molar-refractivity contribution in [1.29, 1.82) is 0 Å². The topological polar surface area (TPSA) is 44.4 Å². The molecule has 0 bridgehead atoms. The monoisotopic (exact) mass is 325 g/mol. The average Bonchev–Trinajstić information content (AvgIpc) is 2.44. The van der Waals surface area contributed by atoms with Crippen LogP contribution in [0, 0.1) is 19.8 Å². The van der Waals surface area contributed by atoms with E-state index >= 15 is 0 Å². The van der Waals surface area contributed by atoms with Crippen LogP contribution in [0.15, 0.2) is 18.2 Å². The van der Waals surface area contributed by atoms with Crippen LogP contribution in [0.4, 0.5) is 5.69 Å². The van der Waals surface area contributed by atoms with Gasteiger partial charge in [-0.25, -0.2) is 0 Å². The van der Waals surface area contributed by atoms with Gasteiger partial charge in [0.15, 0.2) is 0 Å². The van der Waals surface area contributed by atoms with E-state index in [-0.39, 0.29) is 18.3 Å². The predicted molar refractivity (Wildman–Crippen MR) is 94.9 cm³/mol. The summed E-state index contributed by atoms with van der Waals surface area (Å²) in [4.78, 5) is 14.3. The van der Waals surface area contributed by atoms with Gasteiger partial charge in [0, 0.05) is 12.2 Å². The lowest BCUT2D eigenvalue weighted by Crippen LogP contribution is -2.39. The molecule has 1 fully saturated rings. The number of hydrogen-bond donors (Lipinski definition) is 2. The van der Waals surface area contributed by atoms with Crippen LogP contribution in [0.2, 0.25) is 0 Å². The minimum atomic E-state index is 0. The number of piperidine rings is 1. The number of para-hydroxylation sites is 1. The maximum atomic E-state index is 12.2. The summed E-state index contributed by atoms with van der Waals surface area (Å²) < 4.78 is 0. The number of carbonyl (C=O) groups is 1. The van der Waals surface area contributed by atoms with Gasteiger partial charge in [0.25, 0.3) is 0 Å². The number of benzene rings is 1. The lowest BCUT2D eigenvalue weighted by atomic mass is 9.99. The van der Waals surface area contributed by atoms with Crippen LogP contribution in [0.1, 0.15) is 24.0 Å². The predicted octanol–water partition coefficient (Wildman–Crippen LogP) is 2.60. The van der Waals surface area contributed by atoms with Crippen LogP contribution in [-0.4, -0.2) is 44.0 Å². The molecule has 1 heterocycles. The van der Waals surface area contributed by atoms with E-state index in [1.165, 1.54) is 12.8 Å². The van der Waals surface area contributed by atoms with Crippen molar-refractivity contribution in [3.05, 3.63) is 29.3 Å². The first-order valence-corrected chi connectivity index (χ1v) is 7.81. The lowest BCUT2D eigenvalue weighted by molar-refractivity contribution is -0.117. The van der Waals surface area contributed by atoms with E-state index in [1.54, 1.807) is 0 Å². The summed E-state index contributed by atoms with van der Waals surface area (Å²) in [6.07, 6.45) is 2.50. The van der Waals surface area contributed by atoms with Gasteiger partial charge >= 0.3 is 0 Å². The summed E-state index contributed by atoms with van der Waals surface area (Å²) >= 11 is 0. The zero-order valence-corrected chi connectivity index (χ0v) is 14.6. The van der Waals surface area contributed by atoms with Crippen molar-refractivity contribution < 1.29 is 4.79 Å². The maximum absolute atomic E-state index is 12.2. The number of hydrogen-bond acceptors (Lipinski definition) is 3. The van der Waals surface area contributed by atoms with E-state index in [2.05, 4.69) is 15.5 Å². The van der Waals surface area contributed by atoms with Crippen LogP contribution < -0.4 is 10.6 Å². The molecule has 1 aliphatic rings. The van der Waals surface area contributed by atoms with Gasteiger partial charge in [-0.2, -0.15) is 0 Å². The first kappa shape index (κ1) is 18.9. The second-order valence-electron chi connectivity index (χ2n) is 6.22. The van der Waals surface area contributed by atoms with Crippen LogP contribution in [0.3, 0.4) is 0 Å². The highest BCUT2D eigenvalue weighted by atomic mass is 35.5. The van der Waals surface area contributed by atoms with Crippen LogP contribution in [0.25, 0.3) is 0 Å². The summed E-state index contributed by atoms with van der Waals surface area (Å²) in [5.41, 5.74) is 3.18. The fourth-order valence-electron chi connectivity index (χ4n) is 3.02. The van der Waals surface area contributed by atoms with Crippen molar-refractivity contribution in [2.75, 3.05) is 38.5 Å². The third kappa shape index (κ3) is 5.59. The smallest absolute Gasteiger partial charge is 0.238 e. The number of amides is 1. The second-order valence-corrected chi connectivity index (χ2v) is 6.22. The zero-order chi connectivity index (χ0) is 15.2. The number of aryl methyl sites for hydroxylation is 2. The molecule has 0 saturated carbocycles. The summed E-state index contributed by atoms with van der Waals surface area (Å²) in [6.45, 7) is 7.69. The molecule has 0 spiro atoms. The molecule has 1 atom stereocenters. The zero-order valence-electron chi connectivity index (χ0n) is 13.8. The molecule has 4 nitrogen and oxygen atoms in total. The Morgan fingerprint density at radius 1 is 1.36 bits per heavy atom. The molecule has 0 aliphatic carbocycles. The first-order chi connectivity index (χ1) is 10.1. The van der Waals surface area contributed by atoms with Gasteiger partial charge in [0.2, 0.25) is 5.91 Å². The SMILES string of the molecule is Cc1cccc(C)c1NC(=O)CN(C)CC1CCCNC1.Cl. The summed E-state index contributed by atoms with van der Waals surface area (Å²) in [5.74, 6) is 0.732. The van der Waals surface area contributed by atoms with Crippen LogP contribution >= 0.6 is 12.4 Å². The molecule has 1 aromatic carbocycles. The molecule has 0 aromatic heterocycles. The number of carbonyl (C=O) groups excluding carboxylic acids is 1. The normalized spacial score (nSPS) is 17.9. The van der Waals surface area contributed by atoms with Crippen molar-refractivity contribution in [3.63, 3.8) is 0 Å². The maximum Gasteiger partial charge on any atom is 0.238 e. The highest BCUT2D eigenvalue weighted by Gasteiger charge is 2.17. The van der Waals surface area contributed by atoms with Gasteiger partial charge in [-0.15, -0.1) is 12.4 Å². The Labute approximate surface area is 140 Å². The molecule has 1 saturated heterocycles. The Hall–Kier alpha value is -1.10.